The number of urea groups is 1. The third-order valence-electron chi connectivity index (χ3n) is 3.87. The molecule has 0 fully saturated rings. The average Bonchev–Trinajstić information content (AvgIpc) is 2.64. The third kappa shape index (κ3) is 3.50. The Balaban J connectivity index is 1.64. The van der Waals surface area contributed by atoms with Gasteiger partial charge in [-0.25, -0.2) is 9.79 Å². The van der Waals surface area contributed by atoms with Gasteiger partial charge in [-0.3, -0.25) is 14.5 Å². The van der Waals surface area contributed by atoms with Crippen LogP contribution in [0, 0.1) is 5.92 Å². The maximum absolute atomic E-state index is 12.4. The van der Waals surface area contributed by atoms with Crippen LogP contribution in [0.15, 0.2) is 40.3 Å². The second kappa shape index (κ2) is 7.49. The van der Waals surface area contributed by atoms with Gasteiger partial charge < -0.3 is 10.1 Å². The van der Waals surface area contributed by atoms with Gasteiger partial charge in [0.2, 0.25) is 5.91 Å². The molecule has 2 aliphatic heterocycles. The lowest BCUT2D eigenvalue weighted by atomic mass is 10.0. The zero-order valence-electron chi connectivity index (χ0n) is 13.8. The third-order valence-corrected chi connectivity index (χ3v) is 4.11. The Morgan fingerprint density at radius 1 is 1.38 bits per heavy atom. The summed E-state index contributed by atoms with van der Waals surface area (Å²) in [5.41, 5.74) is 0.265. The van der Waals surface area contributed by atoms with Crippen molar-refractivity contribution in [2.24, 2.45) is 15.9 Å². The van der Waals surface area contributed by atoms with Gasteiger partial charge in [0.25, 0.3) is 5.91 Å². The van der Waals surface area contributed by atoms with E-state index in [0.29, 0.717) is 10.8 Å². The summed E-state index contributed by atoms with van der Waals surface area (Å²) in [7, 11) is 1.45. The molecular formula is C17H15ClN4O4. The van der Waals surface area contributed by atoms with Crippen LogP contribution in [-0.4, -0.2) is 55.0 Å². The average molecular weight is 375 g/mol. The van der Waals surface area contributed by atoms with Crippen LogP contribution in [0.3, 0.4) is 0 Å². The summed E-state index contributed by atoms with van der Waals surface area (Å²) in [5.74, 6) is -0.945. The summed E-state index contributed by atoms with van der Waals surface area (Å²) >= 11 is 5.91. The van der Waals surface area contributed by atoms with Gasteiger partial charge in [-0.15, -0.1) is 0 Å². The molecule has 1 N–H and O–H groups in total. The van der Waals surface area contributed by atoms with Gasteiger partial charge in [-0.1, -0.05) is 17.7 Å². The molecule has 3 rings (SSSR count). The number of allylic oxidation sites excluding steroid dienone is 1. The Kier molecular flexibility index (Phi) is 5.13. The number of nitrogens with one attached hydrogen (secondary N) is 1. The standard InChI is InChI=1S/C17H15ClN4O4/c1-26-13-5-4-10(18)9-12(13)15(23)20-7-8-22-16(24)11-3-2-6-19-14(11)21-17(22)25/h2-6,9,11H,7-8H2,1H3,(H,20,23). The highest BCUT2D eigenvalue weighted by Gasteiger charge is 2.36. The SMILES string of the molecule is COc1ccc(Cl)cc1C(=O)NCCN1C(=O)N=C2N=CC=CC2C1=O. The lowest BCUT2D eigenvalue weighted by Crippen LogP contribution is -2.48. The van der Waals surface area contributed by atoms with E-state index in [1.54, 1.807) is 24.3 Å². The van der Waals surface area contributed by atoms with Crippen molar-refractivity contribution in [1.29, 1.82) is 0 Å². The van der Waals surface area contributed by atoms with Crippen LogP contribution >= 0.6 is 11.6 Å². The molecule has 1 aromatic carbocycles. The van der Waals surface area contributed by atoms with Gasteiger partial charge in [0.1, 0.15) is 17.5 Å². The highest BCUT2D eigenvalue weighted by atomic mass is 35.5. The molecule has 0 saturated carbocycles. The fourth-order valence-electron chi connectivity index (χ4n) is 2.60. The molecule has 1 aromatic rings. The number of hydrogen-bond donors (Lipinski definition) is 1. The molecule has 0 aliphatic carbocycles. The molecule has 9 heteroatoms. The summed E-state index contributed by atoms with van der Waals surface area (Å²) < 4.78 is 5.13. The molecule has 0 bridgehead atoms. The predicted octanol–water partition coefficient (Wildman–Crippen LogP) is 1.70. The van der Waals surface area contributed by atoms with E-state index in [9.17, 15) is 14.4 Å². The van der Waals surface area contributed by atoms with Crippen molar-refractivity contribution in [3.63, 3.8) is 0 Å². The van der Waals surface area contributed by atoms with Gasteiger partial charge >= 0.3 is 6.03 Å². The monoisotopic (exact) mass is 374 g/mol. The zero-order chi connectivity index (χ0) is 18.7. The summed E-state index contributed by atoms with van der Waals surface area (Å²) in [5, 5.41) is 3.03. The van der Waals surface area contributed by atoms with Crippen LogP contribution in [0.2, 0.25) is 5.02 Å². The highest BCUT2D eigenvalue weighted by molar-refractivity contribution is 6.31. The highest BCUT2D eigenvalue weighted by Crippen LogP contribution is 2.22. The van der Waals surface area contributed by atoms with E-state index in [4.69, 9.17) is 16.3 Å². The molecule has 4 amide bonds. The number of dihydropyridines is 1. The Morgan fingerprint density at radius 2 is 2.19 bits per heavy atom. The number of halogens is 1. The van der Waals surface area contributed by atoms with E-state index in [1.165, 1.54) is 19.4 Å². The number of amidine groups is 1. The molecule has 8 nitrogen and oxygen atoms in total. The number of nitrogens with zero attached hydrogens (tertiary/aromatic N) is 3. The minimum Gasteiger partial charge on any atom is -0.496 e. The number of aliphatic imine (C=N–C) groups is 2. The molecule has 134 valence electrons. The second-order valence-electron chi connectivity index (χ2n) is 5.48. The van der Waals surface area contributed by atoms with Crippen molar-refractivity contribution in [2.45, 2.75) is 0 Å². The number of hydrogen-bond acceptors (Lipinski definition) is 5. The molecule has 1 atom stereocenters. The maximum Gasteiger partial charge on any atom is 0.352 e. The maximum atomic E-state index is 12.4. The van der Waals surface area contributed by atoms with E-state index in [2.05, 4.69) is 15.3 Å². The number of fused-ring (bicyclic) bond motifs is 1. The van der Waals surface area contributed by atoms with E-state index < -0.39 is 23.8 Å². The molecule has 0 spiro atoms. The van der Waals surface area contributed by atoms with Crippen LogP contribution in [0.1, 0.15) is 10.4 Å². The van der Waals surface area contributed by atoms with E-state index >= 15 is 0 Å². The summed E-state index contributed by atoms with van der Waals surface area (Å²) in [6, 6.07) is 3.98. The molecule has 2 aliphatic rings. The van der Waals surface area contributed by atoms with E-state index in [-0.39, 0.29) is 24.5 Å². The van der Waals surface area contributed by atoms with Crippen LogP contribution < -0.4 is 10.1 Å². The first kappa shape index (κ1) is 17.8. The first-order valence-electron chi connectivity index (χ1n) is 7.78. The molecule has 0 aromatic heterocycles. The van der Waals surface area contributed by atoms with Crippen molar-refractivity contribution >= 4 is 41.5 Å². The number of amides is 4. The largest absolute Gasteiger partial charge is 0.496 e. The predicted molar refractivity (Wildman–Crippen MR) is 96.0 cm³/mol. The summed E-state index contributed by atoms with van der Waals surface area (Å²) in [4.78, 5) is 45.5. The Labute approximate surface area is 154 Å². The number of ether oxygens (including phenoxy) is 1. The van der Waals surface area contributed by atoms with Crippen LogP contribution in [0.5, 0.6) is 5.75 Å². The molecular weight excluding hydrogens is 360 g/mol. The number of carbonyl (C=O) groups is 3. The van der Waals surface area contributed by atoms with Crippen molar-refractivity contribution in [3.05, 3.63) is 40.9 Å². The minimum absolute atomic E-state index is 0.00286. The number of benzene rings is 1. The lowest BCUT2D eigenvalue weighted by Gasteiger charge is -2.27. The van der Waals surface area contributed by atoms with Crippen molar-refractivity contribution in [3.8, 4) is 5.75 Å². The quantitative estimate of drug-likeness (QED) is 0.847. The summed E-state index contributed by atoms with van der Waals surface area (Å²) in [6.07, 6.45) is 4.73. The first-order chi connectivity index (χ1) is 12.5. The molecule has 0 saturated heterocycles. The number of rotatable bonds is 5. The topological polar surface area (TPSA) is 100 Å². The molecule has 0 radical (unpaired) electrons. The Morgan fingerprint density at radius 3 is 2.96 bits per heavy atom. The van der Waals surface area contributed by atoms with Gasteiger partial charge in [0.15, 0.2) is 0 Å². The molecule has 1 unspecified atom stereocenters. The van der Waals surface area contributed by atoms with Crippen molar-refractivity contribution in [1.82, 2.24) is 10.2 Å². The zero-order valence-corrected chi connectivity index (χ0v) is 14.6. The Hall–Kier alpha value is -3.00. The van der Waals surface area contributed by atoms with Gasteiger partial charge in [0, 0.05) is 24.3 Å². The van der Waals surface area contributed by atoms with Crippen LogP contribution in [-0.2, 0) is 4.79 Å². The normalized spacial score (nSPS) is 18.5. The van der Waals surface area contributed by atoms with E-state index in [1.807, 2.05) is 0 Å². The summed E-state index contributed by atoms with van der Waals surface area (Å²) in [6.45, 7) is 0.0632. The smallest absolute Gasteiger partial charge is 0.352 e. The number of carbonyl (C=O) groups excluding carboxylic acids is 3. The fourth-order valence-corrected chi connectivity index (χ4v) is 2.77. The van der Waals surface area contributed by atoms with Crippen LogP contribution in [0.4, 0.5) is 4.79 Å². The van der Waals surface area contributed by atoms with Gasteiger partial charge in [-0.2, -0.15) is 4.99 Å². The fraction of sp³-hybridized carbons (Fsp3) is 0.235. The van der Waals surface area contributed by atoms with Crippen LogP contribution in [0.25, 0.3) is 0 Å². The Bertz CT molecular complexity index is 862. The second-order valence-corrected chi connectivity index (χ2v) is 5.92. The first-order valence-corrected chi connectivity index (χ1v) is 8.15. The van der Waals surface area contributed by atoms with E-state index in [0.717, 1.165) is 4.90 Å². The minimum atomic E-state index is -0.691. The number of imide groups is 1. The van der Waals surface area contributed by atoms with Crippen molar-refractivity contribution in [2.75, 3.05) is 20.2 Å². The number of methoxy groups -OCH3 is 1. The van der Waals surface area contributed by atoms with Crippen molar-refractivity contribution < 1.29 is 19.1 Å². The molecule has 26 heavy (non-hydrogen) atoms. The molecule has 2 heterocycles. The lowest BCUT2D eigenvalue weighted by molar-refractivity contribution is -0.129. The van der Waals surface area contributed by atoms with Gasteiger partial charge in [-0.05, 0) is 24.3 Å². The van der Waals surface area contributed by atoms with Gasteiger partial charge in [0.05, 0.1) is 12.7 Å².